The fraction of sp³-hybridized carbons (Fsp3) is 0.545. The summed E-state index contributed by atoms with van der Waals surface area (Å²) in [6.07, 6.45) is 3.17. The van der Waals surface area contributed by atoms with E-state index in [0.29, 0.717) is 0 Å². The van der Waals surface area contributed by atoms with Crippen molar-refractivity contribution < 1.29 is 9.53 Å². The Labute approximate surface area is 99.8 Å². The number of rotatable bonds is 4. The Morgan fingerprint density at radius 3 is 2.76 bits per heavy atom. The first-order chi connectivity index (χ1) is 7.97. The molecule has 0 amide bonds. The highest BCUT2D eigenvalue weighted by Crippen LogP contribution is 2.04. The van der Waals surface area contributed by atoms with E-state index in [1.807, 2.05) is 13.8 Å². The summed E-state index contributed by atoms with van der Waals surface area (Å²) in [5.74, 6) is -0.166. The van der Waals surface area contributed by atoms with Gasteiger partial charge in [0.25, 0.3) is 5.56 Å². The van der Waals surface area contributed by atoms with E-state index >= 15 is 0 Å². The lowest BCUT2D eigenvalue weighted by Gasteiger charge is -2.18. The van der Waals surface area contributed by atoms with Crippen molar-refractivity contribution in [1.29, 1.82) is 0 Å². The summed E-state index contributed by atoms with van der Waals surface area (Å²) in [6, 6.07) is 0.0516. The van der Waals surface area contributed by atoms with Gasteiger partial charge in [-0.1, -0.05) is 0 Å². The van der Waals surface area contributed by atoms with Gasteiger partial charge in [-0.2, -0.15) is 0 Å². The summed E-state index contributed by atoms with van der Waals surface area (Å²) < 4.78 is 6.11. The Bertz CT molecular complexity index is 454. The Hall–Kier alpha value is -1.85. The smallest absolute Gasteiger partial charge is 0.325 e. The number of hydrogen-bond donors (Lipinski definition) is 0. The summed E-state index contributed by atoms with van der Waals surface area (Å²) in [5, 5.41) is 0. The molecule has 0 fully saturated rings. The predicted molar refractivity (Wildman–Crippen MR) is 64.2 cm³/mol. The van der Waals surface area contributed by atoms with E-state index in [2.05, 4.69) is 9.72 Å². The molecule has 17 heavy (non-hydrogen) atoms. The van der Waals surface area contributed by atoms with Crippen molar-refractivity contribution in [2.75, 3.05) is 25.6 Å². The van der Waals surface area contributed by atoms with Crippen LogP contribution in [-0.4, -0.2) is 36.2 Å². The topological polar surface area (TPSA) is 64.4 Å². The largest absolute Gasteiger partial charge is 0.468 e. The normalized spacial score (nSPS) is 10.4. The third-order valence-electron chi connectivity index (χ3n) is 2.36. The number of methoxy groups -OCH3 is 1. The van der Waals surface area contributed by atoms with Crippen molar-refractivity contribution in [2.45, 2.75) is 19.9 Å². The highest BCUT2D eigenvalue weighted by molar-refractivity contribution is 5.74. The molecule has 0 atom stereocenters. The molecule has 0 unspecified atom stereocenters. The zero-order chi connectivity index (χ0) is 13.0. The molecule has 0 aliphatic carbocycles. The lowest BCUT2D eigenvalue weighted by Crippen LogP contribution is -2.34. The van der Waals surface area contributed by atoms with E-state index in [-0.39, 0.29) is 24.0 Å². The van der Waals surface area contributed by atoms with Gasteiger partial charge >= 0.3 is 5.97 Å². The van der Waals surface area contributed by atoms with Gasteiger partial charge in [-0.05, 0) is 13.8 Å². The van der Waals surface area contributed by atoms with Crippen molar-refractivity contribution in [3.8, 4) is 0 Å². The Morgan fingerprint density at radius 1 is 1.59 bits per heavy atom. The van der Waals surface area contributed by atoms with Crippen molar-refractivity contribution >= 4 is 11.8 Å². The number of anilines is 1. The number of likely N-dealkylation sites (N-methyl/N-ethyl adjacent to an activating group) is 1. The van der Waals surface area contributed by atoms with Crippen LogP contribution in [0, 0.1) is 0 Å². The third kappa shape index (κ3) is 3.05. The fourth-order valence-corrected chi connectivity index (χ4v) is 1.42. The van der Waals surface area contributed by atoms with Crippen molar-refractivity contribution in [3.05, 3.63) is 22.7 Å². The Kier molecular flexibility index (Phi) is 4.25. The number of carbonyl (C=O) groups excluding carboxylic acids is 1. The van der Waals surface area contributed by atoms with Gasteiger partial charge in [-0.25, -0.2) is 4.98 Å². The summed E-state index contributed by atoms with van der Waals surface area (Å²) >= 11 is 0. The Balaban J connectivity index is 3.02. The molecule has 0 aliphatic rings. The third-order valence-corrected chi connectivity index (χ3v) is 2.36. The summed E-state index contributed by atoms with van der Waals surface area (Å²) in [6.45, 7) is 3.82. The second-order valence-electron chi connectivity index (χ2n) is 3.99. The number of esters is 1. The van der Waals surface area contributed by atoms with Gasteiger partial charge in [0.1, 0.15) is 6.54 Å². The second-order valence-corrected chi connectivity index (χ2v) is 3.99. The van der Waals surface area contributed by atoms with Gasteiger partial charge < -0.3 is 14.2 Å². The molecule has 94 valence electrons. The maximum Gasteiger partial charge on any atom is 0.325 e. The molecule has 0 saturated carbocycles. The standard InChI is InChI=1S/C11H17N3O3/c1-8(2)14-6-5-12-10(11(14)16)13(3)7-9(15)17-4/h5-6,8H,7H2,1-4H3. The molecule has 0 bridgehead atoms. The second kappa shape index (κ2) is 5.47. The molecule has 0 saturated heterocycles. The molecule has 0 spiro atoms. The van der Waals surface area contributed by atoms with Crippen LogP contribution in [0.4, 0.5) is 5.82 Å². The maximum absolute atomic E-state index is 12.0. The number of nitrogens with zero attached hydrogens (tertiary/aromatic N) is 3. The van der Waals surface area contributed by atoms with Crippen LogP contribution in [0.5, 0.6) is 0 Å². The summed E-state index contributed by atoms with van der Waals surface area (Å²) in [7, 11) is 2.94. The van der Waals surface area contributed by atoms with Crippen molar-refractivity contribution in [1.82, 2.24) is 9.55 Å². The van der Waals surface area contributed by atoms with E-state index in [1.54, 1.807) is 24.0 Å². The summed E-state index contributed by atoms with van der Waals surface area (Å²) in [5.41, 5.74) is -0.214. The van der Waals surface area contributed by atoms with Crippen LogP contribution in [-0.2, 0) is 9.53 Å². The van der Waals surface area contributed by atoms with Crippen LogP contribution in [0.15, 0.2) is 17.2 Å². The van der Waals surface area contributed by atoms with Crippen molar-refractivity contribution in [2.24, 2.45) is 0 Å². The van der Waals surface area contributed by atoms with Crippen LogP contribution in [0.2, 0.25) is 0 Å². The molecule has 0 N–H and O–H groups in total. The van der Waals surface area contributed by atoms with Crippen LogP contribution < -0.4 is 10.5 Å². The average molecular weight is 239 g/mol. The molecular weight excluding hydrogens is 222 g/mol. The predicted octanol–water partition coefficient (Wildman–Crippen LogP) is 0.433. The van der Waals surface area contributed by atoms with Gasteiger partial charge in [0.2, 0.25) is 0 Å². The van der Waals surface area contributed by atoms with Crippen LogP contribution in [0.1, 0.15) is 19.9 Å². The monoisotopic (exact) mass is 239 g/mol. The number of aromatic nitrogens is 2. The molecule has 1 heterocycles. The molecule has 0 aliphatic heterocycles. The summed E-state index contributed by atoms with van der Waals surface area (Å²) in [4.78, 5) is 28.6. The Morgan fingerprint density at radius 2 is 2.24 bits per heavy atom. The van der Waals surface area contributed by atoms with E-state index < -0.39 is 5.97 Å². The van der Waals surface area contributed by atoms with Crippen LogP contribution >= 0.6 is 0 Å². The van der Waals surface area contributed by atoms with Crippen molar-refractivity contribution in [3.63, 3.8) is 0 Å². The van der Waals surface area contributed by atoms with E-state index in [1.165, 1.54) is 12.0 Å². The molecule has 1 rings (SSSR count). The fourth-order valence-electron chi connectivity index (χ4n) is 1.42. The number of ether oxygens (including phenoxy) is 1. The van der Waals surface area contributed by atoms with Gasteiger partial charge in [0.05, 0.1) is 7.11 Å². The number of hydrogen-bond acceptors (Lipinski definition) is 5. The van der Waals surface area contributed by atoms with E-state index in [0.717, 1.165) is 0 Å². The molecule has 1 aromatic rings. The SMILES string of the molecule is COC(=O)CN(C)c1nccn(C(C)C)c1=O. The zero-order valence-corrected chi connectivity index (χ0v) is 10.5. The van der Waals surface area contributed by atoms with Gasteiger partial charge in [-0.15, -0.1) is 0 Å². The van der Waals surface area contributed by atoms with Gasteiger partial charge in [0, 0.05) is 25.5 Å². The molecule has 6 nitrogen and oxygen atoms in total. The molecule has 0 radical (unpaired) electrons. The lowest BCUT2D eigenvalue weighted by atomic mass is 10.4. The minimum atomic E-state index is -0.409. The quantitative estimate of drug-likeness (QED) is 0.713. The van der Waals surface area contributed by atoms with E-state index in [4.69, 9.17) is 0 Å². The van der Waals surface area contributed by atoms with Crippen LogP contribution in [0.3, 0.4) is 0 Å². The maximum atomic E-state index is 12.0. The van der Waals surface area contributed by atoms with Gasteiger partial charge in [0.15, 0.2) is 5.82 Å². The molecule has 6 heteroatoms. The highest BCUT2D eigenvalue weighted by Gasteiger charge is 2.14. The zero-order valence-electron chi connectivity index (χ0n) is 10.5. The first kappa shape index (κ1) is 13.2. The number of carbonyl (C=O) groups is 1. The highest BCUT2D eigenvalue weighted by atomic mass is 16.5. The molecule has 0 aromatic carbocycles. The average Bonchev–Trinajstić information content (AvgIpc) is 2.28. The lowest BCUT2D eigenvalue weighted by molar-refractivity contribution is -0.138. The molecular formula is C11H17N3O3. The van der Waals surface area contributed by atoms with Gasteiger partial charge in [-0.3, -0.25) is 9.59 Å². The van der Waals surface area contributed by atoms with Crippen LogP contribution in [0.25, 0.3) is 0 Å². The minimum Gasteiger partial charge on any atom is -0.468 e. The van der Waals surface area contributed by atoms with E-state index in [9.17, 15) is 9.59 Å². The first-order valence-electron chi connectivity index (χ1n) is 5.32. The minimum absolute atomic E-state index is 0.000842. The first-order valence-corrected chi connectivity index (χ1v) is 5.32. The molecule has 1 aromatic heterocycles.